The molecular weight excluding hydrogens is 575 g/mol. The number of amides is 1. The maximum absolute atomic E-state index is 13.5. The van der Waals surface area contributed by atoms with E-state index in [0.717, 1.165) is 12.1 Å². The molecule has 0 saturated carbocycles. The zero-order valence-electron chi connectivity index (χ0n) is 17.7. The smallest absolute Gasteiger partial charge is 0.383 e. The second-order valence-corrected chi connectivity index (χ2v) is 8.55. The fourth-order valence-electron chi connectivity index (χ4n) is 3.21. The summed E-state index contributed by atoms with van der Waals surface area (Å²) in [5, 5.41) is 4.96. The van der Waals surface area contributed by atoms with Gasteiger partial charge in [-0.25, -0.2) is 19.6 Å². The molecule has 0 atom stereocenters. The lowest BCUT2D eigenvalue weighted by atomic mass is 10.1. The molecule has 4 rings (SSSR count). The summed E-state index contributed by atoms with van der Waals surface area (Å²) in [5.74, 6) is -3.45. The van der Waals surface area contributed by atoms with E-state index < -0.39 is 46.6 Å². The zero-order valence-corrected chi connectivity index (χ0v) is 20.0. The Labute approximate surface area is 217 Å². The van der Waals surface area contributed by atoms with E-state index in [9.17, 15) is 31.1 Å². The van der Waals surface area contributed by atoms with Crippen molar-refractivity contribution in [3.05, 3.63) is 68.3 Å². The molecule has 3 heterocycles. The van der Waals surface area contributed by atoms with Crippen LogP contribution in [-0.2, 0) is 18.9 Å². The molecule has 4 aromatic rings. The molecule has 0 saturated heterocycles. The topological polar surface area (TPSA) is 112 Å². The highest BCUT2D eigenvalue weighted by Crippen LogP contribution is 2.40. The third kappa shape index (κ3) is 5.36. The second kappa shape index (κ2) is 9.50. The van der Waals surface area contributed by atoms with Crippen molar-refractivity contribution < 1.29 is 31.1 Å². The van der Waals surface area contributed by atoms with Crippen molar-refractivity contribution in [3.8, 4) is 5.69 Å². The van der Waals surface area contributed by atoms with Crippen molar-refractivity contribution in [2.45, 2.75) is 18.9 Å². The Balaban J connectivity index is 1.75. The molecule has 0 aliphatic carbocycles. The molecule has 0 bridgehead atoms. The number of rotatable bonds is 4. The number of nitrogens with zero attached hydrogens (tertiary/aromatic N) is 5. The highest BCUT2D eigenvalue weighted by Gasteiger charge is 2.43. The van der Waals surface area contributed by atoms with Crippen LogP contribution in [0.4, 0.5) is 32.2 Å². The number of carbonyl (C=O) groups is 1. The van der Waals surface area contributed by atoms with Crippen LogP contribution in [0.3, 0.4) is 0 Å². The minimum absolute atomic E-state index is 0.0360. The third-order valence-electron chi connectivity index (χ3n) is 4.82. The number of hydrogen-bond acceptors (Lipinski definition) is 6. The molecule has 0 spiro atoms. The number of alkyl halides is 6. The van der Waals surface area contributed by atoms with Gasteiger partial charge >= 0.3 is 12.4 Å². The molecule has 17 heteroatoms. The maximum Gasteiger partial charge on any atom is 0.451 e. The molecule has 1 aromatic carbocycles. The Kier molecular flexibility index (Phi) is 6.86. The van der Waals surface area contributed by atoms with Crippen LogP contribution in [0.5, 0.6) is 0 Å². The van der Waals surface area contributed by atoms with E-state index in [-0.39, 0.29) is 33.0 Å². The van der Waals surface area contributed by atoms with Crippen LogP contribution < -0.4 is 11.1 Å². The monoisotopic (exact) mass is 583 g/mol. The first kappa shape index (κ1) is 26.7. The van der Waals surface area contributed by atoms with Crippen LogP contribution >= 0.6 is 34.8 Å². The molecular formula is C20H10Cl3F6N7O. The van der Waals surface area contributed by atoms with E-state index in [1.165, 1.54) is 12.3 Å². The molecule has 37 heavy (non-hydrogen) atoms. The van der Waals surface area contributed by atoms with Gasteiger partial charge in [-0.15, -0.1) is 5.10 Å². The number of carbonyl (C=O) groups excluding carboxylic acids is 1. The lowest BCUT2D eigenvalue weighted by molar-refractivity contribution is -0.151. The zero-order chi connectivity index (χ0) is 27.3. The van der Waals surface area contributed by atoms with Crippen LogP contribution in [0.2, 0.25) is 15.2 Å². The average Bonchev–Trinajstić information content (AvgIpc) is 3.12. The highest BCUT2D eigenvalue weighted by atomic mass is 35.5. The van der Waals surface area contributed by atoms with Crippen LogP contribution in [0.1, 0.15) is 27.4 Å². The number of nitrogens with two attached hydrogens (primary N) is 1. The fourth-order valence-corrected chi connectivity index (χ4v) is 3.97. The molecule has 194 valence electrons. The molecule has 0 fully saturated rings. The van der Waals surface area contributed by atoms with E-state index in [1.54, 1.807) is 6.07 Å². The number of benzene rings is 1. The number of pyridine rings is 1. The largest absolute Gasteiger partial charge is 0.451 e. The van der Waals surface area contributed by atoms with Gasteiger partial charge in [0.2, 0.25) is 5.82 Å². The predicted molar refractivity (Wildman–Crippen MR) is 122 cm³/mol. The summed E-state index contributed by atoms with van der Waals surface area (Å²) < 4.78 is 80.5. The molecule has 0 aliphatic heterocycles. The summed E-state index contributed by atoms with van der Waals surface area (Å²) in [4.78, 5) is 22.1. The van der Waals surface area contributed by atoms with Crippen molar-refractivity contribution in [2.75, 3.05) is 5.73 Å². The average molecular weight is 585 g/mol. The Hall–Kier alpha value is -3.36. The summed E-state index contributed by atoms with van der Waals surface area (Å²) in [7, 11) is 0. The molecule has 0 aliphatic rings. The van der Waals surface area contributed by atoms with Crippen molar-refractivity contribution in [1.82, 2.24) is 30.0 Å². The lowest BCUT2D eigenvalue weighted by Crippen LogP contribution is -2.23. The first-order chi connectivity index (χ1) is 17.2. The minimum Gasteiger partial charge on any atom is -0.383 e. The van der Waals surface area contributed by atoms with Crippen LogP contribution in [0.25, 0.3) is 16.7 Å². The summed E-state index contributed by atoms with van der Waals surface area (Å²) in [5.41, 5.74) is 3.19. The lowest BCUT2D eigenvalue weighted by Gasteiger charge is -2.12. The van der Waals surface area contributed by atoms with Gasteiger partial charge in [-0.05, 0) is 23.8 Å². The van der Waals surface area contributed by atoms with E-state index in [2.05, 4.69) is 25.4 Å². The van der Waals surface area contributed by atoms with Gasteiger partial charge in [0.15, 0.2) is 11.3 Å². The second-order valence-electron chi connectivity index (χ2n) is 7.35. The minimum atomic E-state index is -5.32. The Morgan fingerprint density at radius 1 is 1.00 bits per heavy atom. The van der Waals surface area contributed by atoms with E-state index in [4.69, 9.17) is 40.5 Å². The summed E-state index contributed by atoms with van der Waals surface area (Å²) >= 11 is 18.2. The molecule has 8 nitrogen and oxygen atoms in total. The van der Waals surface area contributed by atoms with E-state index >= 15 is 0 Å². The summed E-state index contributed by atoms with van der Waals surface area (Å²) in [6.07, 6.45) is -9.17. The van der Waals surface area contributed by atoms with Gasteiger partial charge in [0.05, 0.1) is 15.4 Å². The number of nitrogen functional groups attached to an aromatic ring is 1. The summed E-state index contributed by atoms with van der Waals surface area (Å²) in [6.45, 7) is 0.0674. The van der Waals surface area contributed by atoms with E-state index in [1.807, 2.05) is 0 Å². The maximum atomic E-state index is 13.5. The van der Waals surface area contributed by atoms with E-state index in [0.29, 0.717) is 10.2 Å². The third-order valence-corrected chi connectivity index (χ3v) is 5.62. The number of aromatic nitrogens is 5. The van der Waals surface area contributed by atoms with Gasteiger partial charge in [0.25, 0.3) is 5.91 Å². The number of hydrogen-bond donors (Lipinski definition) is 2. The summed E-state index contributed by atoms with van der Waals surface area (Å²) in [6, 6.07) is 5.41. The Bertz CT molecular complexity index is 1500. The van der Waals surface area contributed by atoms with Crippen LogP contribution in [0, 0.1) is 0 Å². The number of anilines is 1. The molecule has 3 N–H and O–H groups in total. The van der Waals surface area contributed by atoms with Gasteiger partial charge in [-0.2, -0.15) is 26.3 Å². The van der Waals surface area contributed by atoms with Crippen LogP contribution in [0.15, 0.2) is 30.5 Å². The van der Waals surface area contributed by atoms with Gasteiger partial charge in [0.1, 0.15) is 16.7 Å². The quantitative estimate of drug-likeness (QED) is 0.234. The Morgan fingerprint density at radius 3 is 2.19 bits per heavy atom. The normalized spacial score (nSPS) is 12.2. The highest BCUT2D eigenvalue weighted by molar-refractivity contribution is 6.38. The van der Waals surface area contributed by atoms with Gasteiger partial charge in [-0.1, -0.05) is 40.9 Å². The van der Waals surface area contributed by atoms with Crippen molar-refractivity contribution in [3.63, 3.8) is 0 Å². The van der Waals surface area contributed by atoms with Gasteiger partial charge in [0, 0.05) is 18.3 Å². The standard InChI is InChI=1S/C20H10Cl3F6N7O/c21-9-3-8(17(37)32-6-7-1-2-11(23)31-5-7)4-10(22)13(9)36-15(30)12-14(19(24,25)26)33-18(20(27,28)29)34-16(12)35-36/h1-5H,6,30H2,(H,32,37). The van der Waals surface area contributed by atoms with Gasteiger partial charge in [-0.3, -0.25) is 4.79 Å². The Morgan fingerprint density at radius 2 is 1.65 bits per heavy atom. The first-order valence-corrected chi connectivity index (χ1v) is 10.9. The molecule has 0 unspecified atom stereocenters. The SMILES string of the molecule is Nc1c2c(C(F)(F)F)nc(C(F)(F)F)nc2nn1-c1c(Cl)cc(C(=O)NCc2ccc(Cl)nc2)cc1Cl. The van der Waals surface area contributed by atoms with Gasteiger partial charge < -0.3 is 11.1 Å². The van der Waals surface area contributed by atoms with Crippen LogP contribution in [-0.4, -0.2) is 30.6 Å². The number of nitrogens with one attached hydrogen (secondary N) is 1. The molecule has 3 aromatic heterocycles. The predicted octanol–water partition coefficient (Wildman–Crippen LogP) is 5.72. The number of fused-ring (bicyclic) bond motifs is 1. The van der Waals surface area contributed by atoms with Crippen molar-refractivity contribution >= 4 is 57.6 Å². The molecule has 0 radical (unpaired) electrons. The van der Waals surface area contributed by atoms with Crippen molar-refractivity contribution in [1.29, 1.82) is 0 Å². The first-order valence-electron chi connectivity index (χ1n) is 9.75. The molecule has 1 amide bonds. The fraction of sp³-hybridized carbons (Fsp3) is 0.150. The van der Waals surface area contributed by atoms with Crippen molar-refractivity contribution in [2.24, 2.45) is 0 Å². The number of halogens is 9.